The van der Waals surface area contributed by atoms with Gasteiger partial charge in [-0.05, 0) is 210 Å². The first-order valence-corrected chi connectivity index (χ1v) is 41.8. The van der Waals surface area contributed by atoms with Crippen LogP contribution in [0.5, 0.6) is 0 Å². The first-order valence-electron chi connectivity index (χ1n) is 41.8. The van der Waals surface area contributed by atoms with Crippen LogP contribution in [0.1, 0.15) is 82.6 Å². The van der Waals surface area contributed by atoms with Gasteiger partial charge in [0.2, 0.25) is 0 Å². The third-order valence-electron chi connectivity index (χ3n) is 27.4. The molecule has 13 aromatic rings. The molecule has 0 radical (unpaired) electrons. The van der Waals surface area contributed by atoms with E-state index < -0.39 is 0 Å². The summed E-state index contributed by atoms with van der Waals surface area (Å²) in [4.78, 5) is 16.8. The van der Waals surface area contributed by atoms with Crippen molar-refractivity contribution in [1.29, 1.82) is 0 Å². The highest BCUT2D eigenvalue weighted by molar-refractivity contribution is 7.03. The summed E-state index contributed by atoms with van der Waals surface area (Å²) in [6, 6.07) is 119. The van der Waals surface area contributed by atoms with Crippen molar-refractivity contribution < 1.29 is 0 Å². The minimum Gasteiger partial charge on any atom is -0.365 e. The Morgan fingerprint density at radius 2 is 0.752 bits per heavy atom. The summed E-state index contributed by atoms with van der Waals surface area (Å²) in [7, 11) is 0. The molecular weight excluding hydrogens is 1370 g/mol. The quantitative estimate of drug-likeness (QED) is 0.0840. The van der Waals surface area contributed by atoms with Crippen LogP contribution >= 0.6 is 0 Å². The molecule has 0 N–H and O–H groups in total. The van der Waals surface area contributed by atoms with Crippen molar-refractivity contribution >= 4 is 126 Å². The minimum atomic E-state index is -0.215. The van der Waals surface area contributed by atoms with E-state index >= 15 is 0 Å². The van der Waals surface area contributed by atoms with E-state index in [2.05, 4.69) is 363 Å². The molecule has 2 saturated carbocycles. The molecule has 11 aliphatic rings. The zero-order valence-corrected chi connectivity index (χ0v) is 63.8. The van der Waals surface area contributed by atoms with Gasteiger partial charge in [-0.3, -0.25) is 0 Å². The molecule has 8 heterocycles. The Balaban J connectivity index is 0.850. The monoisotopic (exact) mass is 1450 g/mol. The second-order valence-corrected chi connectivity index (χ2v) is 33.6. The molecule has 6 fully saturated rings. The van der Waals surface area contributed by atoms with Gasteiger partial charge in [-0.1, -0.05) is 286 Å². The topological polar surface area (TPSA) is 19.4 Å². The van der Waals surface area contributed by atoms with Crippen LogP contribution in [-0.4, -0.2) is 37.6 Å². The lowest BCUT2D eigenvalue weighted by molar-refractivity contribution is 0.0900. The molecule has 1 unspecified atom stereocenters. The Hall–Kier alpha value is -12.3. The van der Waals surface area contributed by atoms with E-state index in [1.807, 2.05) is 0 Å². The fourth-order valence-corrected chi connectivity index (χ4v) is 23.0. The van der Waals surface area contributed by atoms with Crippen molar-refractivity contribution in [2.24, 2.45) is 17.8 Å². The van der Waals surface area contributed by atoms with E-state index in [1.165, 1.54) is 216 Å². The zero-order valence-electron chi connectivity index (χ0n) is 63.8. The van der Waals surface area contributed by atoms with Gasteiger partial charge in [0, 0.05) is 120 Å². The van der Waals surface area contributed by atoms with Crippen molar-refractivity contribution in [1.82, 2.24) is 0 Å². The molecule has 8 aliphatic heterocycles. The van der Waals surface area contributed by atoms with Crippen molar-refractivity contribution in [3.63, 3.8) is 0 Å². The van der Waals surface area contributed by atoms with Crippen LogP contribution in [0.25, 0.3) is 50.1 Å². The van der Waals surface area contributed by atoms with Gasteiger partial charge >= 0.3 is 0 Å². The molecule has 0 amide bonds. The summed E-state index contributed by atoms with van der Waals surface area (Å²) in [5, 5.41) is 0. The molecule has 13 aromatic carbocycles. The average molecular weight is 1460 g/mol. The predicted octanol–water partition coefficient (Wildman–Crippen LogP) is 22.6. The molecule has 544 valence electrons. The lowest BCUT2D eigenvalue weighted by Gasteiger charge is -2.58. The van der Waals surface area contributed by atoms with E-state index in [-0.39, 0.29) is 19.3 Å². The van der Waals surface area contributed by atoms with E-state index in [0.717, 1.165) is 40.8 Å². The molecule has 0 spiro atoms. The van der Waals surface area contributed by atoms with Crippen LogP contribution in [-0.2, 0) is 0 Å². The van der Waals surface area contributed by atoms with E-state index in [4.69, 9.17) is 6.58 Å². The molecule has 3 aliphatic carbocycles. The summed E-state index contributed by atoms with van der Waals surface area (Å²) < 4.78 is 0. The number of piperidine rings is 4. The summed E-state index contributed by atoms with van der Waals surface area (Å²) in [6.07, 6.45) is 26.3. The molecule has 6 bridgehead atoms. The van der Waals surface area contributed by atoms with Gasteiger partial charge in [0.05, 0.1) is 11.4 Å². The Bertz CT molecular complexity index is 5870. The largest absolute Gasteiger partial charge is 0.365 e. The average Bonchev–Trinajstić information content (AvgIpc) is 0.680. The highest BCUT2D eigenvalue weighted by Crippen LogP contribution is 2.58. The molecular formula is C105H88B2N6. The fourth-order valence-electron chi connectivity index (χ4n) is 23.0. The highest BCUT2D eigenvalue weighted by Gasteiger charge is 2.53. The molecule has 4 saturated heterocycles. The number of para-hydroxylation sites is 5. The molecule has 113 heavy (non-hydrogen) atoms. The smallest absolute Gasteiger partial charge is 0.252 e. The van der Waals surface area contributed by atoms with Crippen LogP contribution in [0, 0.1) is 17.8 Å². The number of anilines is 13. The Morgan fingerprint density at radius 3 is 1.26 bits per heavy atom. The van der Waals surface area contributed by atoms with Gasteiger partial charge in [0.25, 0.3) is 13.4 Å². The summed E-state index contributed by atoms with van der Waals surface area (Å²) in [5.74, 6) is 1.75. The zero-order chi connectivity index (χ0) is 74.4. The van der Waals surface area contributed by atoms with Crippen molar-refractivity contribution in [2.45, 2.75) is 101 Å². The Kier molecular flexibility index (Phi) is 15.9. The third-order valence-corrected chi connectivity index (χ3v) is 27.4. The molecule has 6 nitrogen and oxygen atoms in total. The standard InChI is InChI=1S/C105H88B2N6/c1-69(89(77-41-19-7-20-42-77)62-70-31-9-2-10-32-70)108-94-55-25-23-53-90(94)106-93-67-92-96(68-97(93)113(105-87(75-37-15-5-16-38-75)51-30-52-88(105)76-39-17-6-18-40-76)101-66-84(63-98(108)102(101)106)110-81-58-71-57-72(60-81)61-82(110)59-71)111(80-43-21-8-22-44-80)99-64-83(109-78-45-27-46-79(109)48-28-47-78)65-100-103(99)107(92)91-54-24-26-56-95(91)112(100)104-85(73-33-11-3-12-34-73)49-29-50-86(104)74-35-13-4-14-36-74/h2-26,29-31,33-44,49-56,62-68,70-72,78-79,81-82H,1,27-28,32,45-48,57-61H2. The fraction of sp³-hybridized carbons (Fsp3) is 0.181. The lowest BCUT2D eigenvalue weighted by atomic mass is 9.30. The van der Waals surface area contributed by atoms with Crippen LogP contribution in [0.2, 0.25) is 0 Å². The summed E-state index contributed by atoms with van der Waals surface area (Å²) >= 11 is 0. The number of hydrogen-bond acceptors (Lipinski definition) is 6. The van der Waals surface area contributed by atoms with Crippen LogP contribution in [0.3, 0.4) is 0 Å². The minimum absolute atomic E-state index is 0.192. The maximum atomic E-state index is 5.44. The van der Waals surface area contributed by atoms with Gasteiger partial charge in [-0.15, -0.1) is 0 Å². The maximum Gasteiger partial charge on any atom is 0.252 e. The first-order chi connectivity index (χ1) is 56.0. The highest BCUT2D eigenvalue weighted by atomic mass is 15.3. The molecule has 1 atom stereocenters. The van der Waals surface area contributed by atoms with Gasteiger partial charge in [-0.2, -0.15) is 0 Å². The van der Waals surface area contributed by atoms with E-state index in [9.17, 15) is 0 Å². The second-order valence-electron chi connectivity index (χ2n) is 33.6. The number of benzene rings is 13. The van der Waals surface area contributed by atoms with Gasteiger partial charge in [0.15, 0.2) is 0 Å². The van der Waals surface area contributed by atoms with Crippen LogP contribution < -0.4 is 62.2 Å². The number of nitrogens with zero attached hydrogens (tertiary/aromatic N) is 6. The normalized spacial score (nSPS) is 21.0. The Morgan fingerprint density at radius 1 is 0.336 bits per heavy atom. The maximum absolute atomic E-state index is 5.44. The first kappa shape index (κ1) is 66.5. The van der Waals surface area contributed by atoms with Crippen LogP contribution in [0.4, 0.5) is 73.9 Å². The Labute approximate surface area is 665 Å². The number of rotatable bonds is 13. The second kappa shape index (κ2) is 27.0. The lowest BCUT2D eigenvalue weighted by Crippen LogP contribution is -2.65. The summed E-state index contributed by atoms with van der Waals surface area (Å²) in [5.41, 5.74) is 36.3. The van der Waals surface area contributed by atoms with Gasteiger partial charge < -0.3 is 29.4 Å². The van der Waals surface area contributed by atoms with E-state index in [0.29, 0.717) is 24.2 Å². The number of hydrogen-bond donors (Lipinski definition) is 0. The molecule has 0 aromatic heterocycles. The van der Waals surface area contributed by atoms with Crippen molar-refractivity contribution in [2.75, 3.05) is 29.4 Å². The molecule has 24 rings (SSSR count). The van der Waals surface area contributed by atoms with Gasteiger partial charge in [0.1, 0.15) is 0 Å². The summed E-state index contributed by atoms with van der Waals surface area (Å²) in [6.45, 7) is 5.03. The van der Waals surface area contributed by atoms with Crippen LogP contribution in [0.15, 0.2) is 346 Å². The van der Waals surface area contributed by atoms with Crippen molar-refractivity contribution in [3.05, 3.63) is 352 Å². The third kappa shape index (κ3) is 10.8. The number of allylic oxidation sites excluding steroid dienone is 6. The van der Waals surface area contributed by atoms with Gasteiger partial charge in [-0.25, -0.2) is 0 Å². The number of fused-ring (bicyclic) bond motifs is 10. The molecule has 8 heteroatoms. The van der Waals surface area contributed by atoms with E-state index in [1.54, 1.807) is 0 Å². The SMILES string of the molecule is C=C(C(=CC1C=CC=CC1)c1ccccc1)N1c2ccccc2B2c3cc4c(cc3N(c3c(-c5ccccc5)cccc3-c3ccccc3)c3cc(N5C6CC7CC(C6)CC5C7)cc1c32)N(c1ccccc1)c1cc(N2C3CCCC2CCC3)cc2c1B4c1ccccc1N2c1c(-c2ccccc2)cccc1-c1ccccc1. The predicted molar refractivity (Wildman–Crippen MR) is 478 cm³/mol. The van der Waals surface area contributed by atoms with Crippen molar-refractivity contribution in [3.8, 4) is 44.5 Å².